The zero-order valence-corrected chi connectivity index (χ0v) is 20.5. The molecular weight excluding hydrogens is 444 g/mol. The van der Waals surface area contributed by atoms with Gasteiger partial charge in [0.25, 0.3) is 5.91 Å². The molecule has 1 N–H and O–H groups in total. The minimum atomic E-state index is -0.379. The summed E-state index contributed by atoms with van der Waals surface area (Å²) < 4.78 is 6.27. The van der Waals surface area contributed by atoms with Crippen molar-refractivity contribution in [1.82, 2.24) is 19.8 Å². The molecule has 0 saturated heterocycles. The number of amides is 2. The second-order valence-corrected chi connectivity index (χ2v) is 9.61. The number of ether oxygens (including phenoxy) is 1. The minimum Gasteiger partial charge on any atom is -0.472 e. The Morgan fingerprint density at radius 3 is 2.77 bits per heavy atom. The van der Waals surface area contributed by atoms with Crippen LogP contribution in [0.4, 0.5) is 0 Å². The summed E-state index contributed by atoms with van der Waals surface area (Å²) >= 11 is 0. The fraction of sp³-hybridized carbons (Fsp3) is 0.481. The van der Waals surface area contributed by atoms with Gasteiger partial charge < -0.3 is 19.6 Å². The summed E-state index contributed by atoms with van der Waals surface area (Å²) in [7, 11) is 1.80. The third-order valence-corrected chi connectivity index (χ3v) is 6.57. The largest absolute Gasteiger partial charge is 0.472 e. The predicted molar refractivity (Wildman–Crippen MR) is 131 cm³/mol. The Bertz CT molecular complexity index is 1120. The van der Waals surface area contributed by atoms with Crippen LogP contribution >= 0.6 is 0 Å². The third-order valence-electron chi connectivity index (χ3n) is 6.57. The molecule has 2 aliphatic rings. The van der Waals surface area contributed by atoms with Crippen LogP contribution in [-0.2, 0) is 4.79 Å². The van der Waals surface area contributed by atoms with E-state index in [9.17, 15) is 14.7 Å². The Morgan fingerprint density at radius 2 is 2.09 bits per heavy atom. The zero-order valence-electron chi connectivity index (χ0n) is 20.5. The Balaban J connectivity index is 1.63. The first-order chi connectivity index (χ1) is 16.9. The van der Waals surface area contributed by atoms with E-state index in [-0.39, 0.29) is 42.4 Å². The van der Waals surface area contributed by atoms with Crippen molar-refractivity contribution < 1.29 is 19.4 Å². The number of rotatable bonds is 6. The van der Waals surface area contributed by atoms with Gasteiger partial charge in [-0.2, -0.15) is 0 Å². The fourth-order valence-corrected chi connectivity index (χ4v) is 4.07. The highest BCUT2D eigenvalue weighted by Gasteiger charge is 2.35. The smallest absolute Gasteiger partial charge is 0.259 e. The molecule has 0 bridgehead atoms. The van der Waals surface area contributed by atoms with Crippen LogP contribution in [0.3, 0.4) is 0 Å². The van der Waals surface area contributed by atoms with Crippen molar-refractivity contribution in [3.8, 4) is 17.7 Å². The van der Waals surface area contributed by atoms with Crippen LogP contribution in [0, 0.1) is 23.7 Å². The summed E-state index contributed by atoms with van der Waals surface area (Å²) in [6, 6.07) is 4.96. The van der Waals surface area contributed by atoms with E-state index in [1.54, 1.807) is 41.5 Å². The van der Waals surface area contributed by atoms with Crippen LogP contribution in [0.1, 0.15) is 54.6 Å². The number of pyridine rings is 2. The SMILES string of the molecule is C[C@H]1CN([C@@H](C)CO)C(=O)c2cc(C#Cc3cccnc3)cnc2O[C@@H]1CN(C)C(=O)CC1CC1. The number of carbonyl (C=O) groups is 2. The van der Waals surface area contributed by atoms with Crippen molar-refractivity contribution >= 4 is 11.8 Å². The van der Waals surface area contributed by atoms with Crippen molar-refractivity contribution in [3.05, 3.63) is 53.5 Å². The maximum Gasteiger partial charge on any atom is 0.259 e. The Hall–Kier alpha value is -3.44. The van der Waals surface area contributed by atoms with Crippen molar-refractivity contribution in [2.24, 2.45) is 11.8 Å². The molecule has 1 fully saturated rings. The van der Waals surface area contributed by atoms with Crippen LogP contribution in [0.5, 0.6) is 5.88 Å². The van der Waals surface area contributed by atoms with E-state index >= 15 is 0 Å². The molecule has 0 radical (unpaired) electrons. The Kier molecular flexibility index (Phi) is 7.67. The topological polar surface area (TPSA) is 95.9 Å². The van der Waals surface area contributed by atoms with Crippen LogP contribution in [0.15, 0.2) is 36.8 Å². The van der Waals surface area contributed by atoms with E-state index in [1.807, 2.05) is 26.0 Å². The average molecular weight is 477 g/mol. The van der Waals surface area contributed by atoms with Crippen molar-refractivity contribution in [2.75, 3.05) is 26.7 Å². The van der Waals surface area contributed by atoms with Crippen LogP contribution in [0.25, 0.3) is 0 Å². The standard InChI is InChI=1S/C27H32N4O4/c1-18-15-31(19(2)17-32)27(34)23-11-22(9-8-21-5-4-10-28-13-21)14-29-26(23)35-24(18)16-30(3)25(33)12-20-6-7-20/h4-5,10-11,13-14,18-20,24,32H,6-7,12,15-17H2,1-3H3/t18-,19-,24+/m0/s1. The monoisotopic (exact) mass is 476 g/mol. The molecule has 35 heavy (non-hydrogen) atoms. The summed E-state index contributed by atoms with van der Waals surface area (Å²) in [5.41, 5.74) is 1.63. The number of likely N-dealkylation sites (N-methyl/N-ethyl adjacent to an activating group) is 1. The normalized spacial score (nSPS) is 20.5. The molecule has 3 heterocycles. The molecule has 2 aromatic rings. The molecule has 8 heteroatoms. The molecule has 3 atom stereocenters. The first-order valence-corrected chi connectivity index (χ1v) is 12.1. The maximum absolute atomic E-state index is 13.5. The van der Waals surface area contributed by atoms with Crippen molar-refractivity contribution in [1.29, 1.82) is 0 Å². The molecule has 0 unspecified atom stereocenters. The van der Waals surface area contributed by atoms with Gasteiger partial charge in [0.15, 0.2) is 0 Å². The highest BCUT2D eigenvalue weighted by molar-refractivity contribution is 5.97. The molecule has 2 aromatic heterocycles. The molecule has 1 saturated carbocycles. The quantitative estimate of drug-likeness (QED) is 0.643. The summed E-state index contributed by atoms with van der Waals surface area (Å²) in [5.74, 6) is 6.56. The van der Waals surface area contributed by atoms with Gasteiger partial charge in [-0.15, -0.1) is 0 Å². The number of aliphatic hydroxyl groups is 1. The molecule has 184 valence electrons. The van der Waals surface area contributed by atoms with Gasteiger partial charge >= 0.3 is 0 Å². The van der Waals surface area contributed by atoms with E-state index in [0.29, 0.717) is 36.6 Å². The molecule has 1 aliphatic heterocycles. The van der Waals surface area contributed by atoms with Crippen molar-refractivity contribution in [3.63, 3.8) is 0 Å². The molecule has 0 aromatic carbocycles. The van der Waals surface area contributed by atoms with Crippen molar-refractivity contribution in [2.45, 2.75) is 45.3 Å². The van der Waals surface area contributed by atoms with Crippen LogP contribution < -0.4 is 4.74 Å². The summed E-state index contributed by atoms with van der Waals surface area (Å²) in [5, 5.41) is 9.82. The molecule has 2 amide bonds. The first kappa shape index (κ1) is 24.7. The minimum absolute atomic E-state index is 0.0795. The Labute approximate surface area is 206 Å². The summed E-state index contributed by atoms with van der Waals surface area (Å²) in [6.45, 7) is 4.43. The van der Waals surface area contributed by atoms with E-state index in [0.717, 1.165) is 18.4 Å². The van der Waals surface area contributed by atoms with Gasteiger partial charge in [-0.05, 0) is 43.9 Å². The number of hydrogen-bond donors (Lipinski definition) is 1. The number of aromatic nitrogens is 2. The number of fused-ring (bicyclic) bond motifs is 1. The van der Waals surface area contributed by atoms with Gasteiger partial charge in [0.1, 0.15) is 11.7 Å². The lowest BCUT2D eigenvalue weighted by molar-refractivity contribution is -0.131. The summed E-state index contributed by atoms with van der Waals surface area (Å²) in [4.78, 5) is 38.0. The van der Waals surface area contributed by atoms with Crippen LogP contribution in [0.2, 0.25) is 0 Å². The highest BCUT2D eigenvalue weighted by Crippen LogP contribution is 2.33. The van der Waals surface area contributed by atoms with Crippen LogP contribution in [-0.4, -0.2) is 75.6 Å². The lowest BCUT2D eigenvalue weighted by atomic mass is 9.99. The number of aliphatic hydroxyl groups excluding tert-OH is 1. The lowest BCUT2D eigenvalue weighted by Gasteiger charge is -2.37. The first-order valence-electron chi connectivity index (χ1n) is 12.1. The lowest BCUT2D eigenvalue weighted by Crippen LogP contribution is -2.50. The number of nitrogens with zero attached hydrogens (tertiary/aromatic N) is 4. The molecule has 0 spiro atoms. The van der Waals surface area contributed by atoms with Gasteiger partial charge in [0.05, 0.1) is 19.2 Å². The van der Waals surface area contributed by atoms with E-state index in [4.69, 9.17) is 4.74 Å². The van der Waals surface area contributed by atoms with Gasteiger partial charge in [0, 0.05) is 55.6 Å². The van der Waals surface area contributed by atoms with Gasteiger partial charge in [-0.3, -0.25) is 14.6 Å². The van der Waals surface area contributed by atoms with Gasteiger partial charge in [-0.25, -0.2) is 4.98 Å². The van der Waals surface area contributed by atoms with Gasteiger partial charge in [0.2, 0.25) is 11.8 Å². The average Bonchev–Trinajstić information content (AvgIpc) is 3.69. The fourth-order valence-electron chi connectivity index (χ4n) is 4.07. The maximum atomic E-state index is 13.5. The molecular formula is C27H32N4O4. The predicted octanol–water partition coefficient (Wildman–Crippen LogP) is 2.36. The second-order valence-electron chi connectivity index (χ2n) is 9.61. The molecule has 4 rings (SSSR count). The Morgan fingerprint density at radius 1 is 1.31 bits per heavy atom. The molecule has 1 aliphatic carbocycles. The molecule has 8 nitrogen and oxygen atoms in total. The third kappa shape index (κ3) is 6.17. The highest BCUT2D eigenvalue weighted by atomic mass is 16.5. The van der Waals surface area contributed by atoms with E-state index in [2.05, 4.69) is 21.8 Å². The number of hydrogen-bond acceptors (Lipinski definition) is 6. The summed E-state index contributed by atoms with van der Waals surface area (Å²) in [6.07, 6.45) is 7.38. The van der Waals surface area contributed by atoms with Gasteiger partial charge in [-0.1, -0.05) is 18.8 Å². The van der Waals surface area contributed by atoms with E-state index in [1.165, 1.54) is 0 Å². The zero-order chi connectivity index (χ0) is 24.9. The van der Waals surface area contributed by atoms with E-state index < -0.39 is 0 Å². The number of carbonyl (C=O) groups excluding carboxylic acids is 2. The second kappa shape index (κ2) is 10.9.